The van der Waals surface area contributed by atoms with Crippen molar-refractivity contribution in [2.75, 3.05) is 18.5 Å². The van der Waals surface area contributed by atoms with E-state index in [1.807, 2.05) is 12.1 Å². The zero-order chi connectivity index (χ0) is 21.7. The Morgan fingerprint density at radius 1 is 1.03 bits per heavy atom. The second kappa shape index (κ2) is 9.17. The Hall–Kier alpha value is -3.74. The molecule has 0 radical (unpaired) electrons. The van der Waals surface area contributed by atoms with Crippen LogP contribution in [0.15, 0.2) is 55.1 Å². The number of carbonyl (C=O) groups excluding carboxylic acids is 4. The van der Waals surface area contributed by atoms with Gasteiger partial charge in [0.1, 0.15) is 0 Å². The maximum Gasteiger partial charge on any atom is 0.308 e. The maximum absolute atomic E-state index is 12.4. The number of amides is 2. The first-order valence-electron chi connectivity index (χ1n) is 9.59. The Bertz CT molecular complexity index is 976. The molecule has 0 fully saturated rings. The van der Waals surface area contributed by atoms with Gasteiger partial charge in [-0.3, -0.25) is 19.2 Å². The molecule has 0 spiro atoms. The summed E-state index contributed by atoms with van der Waals surface area (Å²) in [7, 11) is 0. The van der Waals surface area contributed by atoms with E-state index in [1.54, 1.807) is 43.3 Å². The largest absolute Gasteiger partial charge is 0.457 e. The third-order valence-electron chi connectivity index (χ3n) is 4.75. The van der Waals surface area contributed by atoms with Gasteiger partial charge in [0.2, 0.25) is 5.91 Å². The molecule has 0 atom stereocenters. The van der Waals surface area contributed by atoms with Gasteiger partial charge in [0.15, 0.2) is 12.4 Å². The third-order valence-corrected chi connectivity index (χ3v) is 4.75. The Labute approximate surface area is 174 Å². The first-order chi connectivity index (χ1) is 14.4. The topological polar surface area (TPSA) is 92.8 Å². The number of anilines is 1. The molecule has 3 rings (SSSR count). The number of ketones is 1. The van der Waals surface area contributed by atoms with Gasteiger partial charge in [-0.2, -0.15) is 0 Å². The van der Waals surface area contributed by atoms with Crippen molar-refractivity contribution in [1.82, 2.24) is 4.90 Å². The fourth-order valence-electron chi connectivity index (χ4n) is 3.06. The number of nitrogens with one attached hydrogen (secondary N) is 1. The van der Waals surface area contributed by atoms with Crippen LogP contribution < -0.4 is 5.32 Å². The van der Waals surface area contributed by atoms with E-state index in [1.165, 1.54) is 4.90 Å². The van der Waals surface area contributed by atoms with Crippen LogP contribution in [-0.4, -0.2) is 41.6 Å². The molecule has 2 amide bonds. The van der Waals surface area contributed by atoms with Crippen molar-refractivity contribution in [3.8, 4) is 0 Å². The summed E-state index contributed by atoms with van der Waals surface area (Å²) in [5, 5.41) is 2.69. The van der Waals surface area contributed by atoms with Crippen molar-refractivity contribution >= 4 is 35.0 Å². The average Bonchev–Trinajstić information content (AvgIpc) is 3.01. The summed E-state index contributed by atoms with van der Waals surface area (Å²) in [6.07, 6.45) is 0.313. The van der Waals surface area contributed by atoms with Crippen LogP contribution in [0.2, 0.25) is 0 Å². The third kappa shape index (κ3) is 4.63. The van der Waals surface area contributed by atoms with E-state index in [0.29, 0.717) is 28.9 Å². The number of hydrogen-bond acceptors (Lipinski definition) is 5. The van der Waals surface area contributed by atoms with Crippen LogP contribution in [-0.2, 0) is 14.3 Å². The highest BCUT2D eigenvalue weighted by molar-refractivity contribution is 6.09. The lowest BCUT2D eigenvalue weighted by atomic mass is 10.1. The molecule has 2 aromatic carbocycles. The number of rotatable bonds is 8. The molecule has 0 saturated carbocycles. The number of Topliss-reactive ketones (excluding diaryl/α,β-unsaturated/α-hetero) is 1. The van der Waals surface area contributed by atoms with E-state index in [0.717, 1.165) is 5.56 Å². The minimum absolute atomic E-state index is 0.0476. The van der Waals surface area contributed by atoms with Gasteiger partial charge in [-0.05, 0) is 30.3 Å². The van der Waals surface area contributed by atoms with Crippen molar-refractivity contribution in [3.63, 3.8) is 0 Å². The molecule has 1 heterocycles. The zero-order valence-electron chi connectivity index (χ0n) is 16.6. The van der Waals surface area contributed by atoms with E-state index in [4.69, 9.17) is 4.74 Å². The van der Waals surface area contributed by atoms with Gasteiger partial charge in [0, 0.05) is 41.0 Å². The highest BCUT2D eigenvalue weighted by Crippen LogP contribution is 2.31. The summed E-state index contributed by atoms with van der Waals surface area (Å²) in [5.41, 5.74) is 2.83. The Balaban J connectivity index is 1.47. The van der Waals surface area contributed by atoms with Gasteiger partial charge >= 0.3 is 5.97 Å². The lowest BCUT2D eigenvalue weighted by molar-refractivity contribution is -0.142. The molecule has 2 aromatic rings. The first-order valence-corrected chi connectivity index (χ1v) is 9.59. The van der Waals surface area contributed by atoms with Gasteiger partial charge in [-0.25, -0.2) is 0 Å². The smallest absolute Gasteiger partial charge is 0.308 e. The molecule has 154 valence electrons. The molecule has 0 aromatic heterocycles. The van der Waals surface area contributed by atoms with E-state index < -0.39 is 12.6 Å². The monoisotopic (exact) mass is 406 g/mol. The summed E-state index contributed by atoms with van der Waals surface area (Å²) in [4.78, 5) is 49.5. The molecule has 7 nitrogen and oxygen atoms in total. The standard InChI is InChI=1S/C23H22N2O5/c1-3-21(27)24-17-10-8-16(9-11-17)20(26)14-30-22(28)12-13-25-15(2)18-6-4-5-7-19(18)23(25)29/h4-11H,2-3,12-14H2,1H3,(H,24,27). The molecule has 0 aliphatic carbocycles. The highest BCUT2D eigenvalue weighted by atomic mass is 16.5. The SMILES string of the molecule is C=C1c2ccccc2C(=O)N1CCC(=O)OCC(=O)c1ccc(NC(=O)CC)cc1. The lowest BCUT2D eigenvalue weighted by Gasteiger charge is -2.16. The number of ether oxygens (including phenoxy) is 1. The van der Waals surface area contributed by atoms with Crippen LogP contribution in [0.5, 0.6) is 0 Å². The number of fused-ring (bicyclic) bond motifs is 1. The molecule has 0 bridgehead atoms. The van der Waals surface area contributed by atoms with Crippen molar-refractivity contribution in [1.29, 1.82) is 0 Å². The van der Waals surface area contributed by atoms with E-state index in [9.17, 15) is 19.2 Å². The van der Waals surface area contributed by atoms with E-state index >= 15 is 0 Å². The normalized spacial score (nSPS) is 12.5. The van der Waals surface area contributed by atoms with Crippen LogP contribution >= 0.6 is 0 Å². The number of benzene rings is 2. The molecule has 0 saturated heterocycles. The minimum atomic E-state index is -0.577. The highest BCUT2D eigenvalue weighted by Gasteiger charge is 2.30. The van der Waals surface area contributed by atoms with Gasteiger partial charge in [-0.15, -0.1) is 0 Å². The summed E-state index contributed by atoms with van der Waals surface area (Å²) < 4.78 is 5.05. The van der Waals surface area contributed by atoms with Crippen LogP contribution in [0, 0.1) is 0 Å². The Morgan fingerprint density at radius 3 is 2.33 bits per heavy atom. The van der Waals surface area contributed by atoms with Gasteiger partial charge < -0.3 is 15.0 Å². The van der Waals surface area contributed by atoms with Crippen molar-refractivity contribution in [3.05, 3.63) is 71.8 Å². The van der Waals surface area contributed by atoms with Crippen LogP contribution in [0.25, 0.3) is 5.70 Å². The second-order valence-electron chi connectivity index (χ2n) is 6.76. The maximum atomic E-state index is 12.4. The van der Waals surface area contributed by atoms with E-state index in [2.05, 4.69) is 11.9 Å². The zero-order valence-corrected chi connectivity index (χ0v) is 16.6. The fraction of sp³-hybridized carbons (Fsp3) is 0.217. The molecule has 1 aliphatic heterocycles. The molecule has 30 heavy (non-hydrogen) atoms. The number of esters is 1. The predicted molar refractivity (Wildman–Crippen MR) is 112 cm³/mol. The quantitative estimate of drug-likeness (QED) is 0.536. The van der Waals surface area contributed by atoms with Crippen LogP contribution in [0.1, 0.15) is 46.0 Å². The second-order valence-corrected chi connectivity index (χ2v) is 6.76. The number of nitrogens with zero attached hydrogens (tertiary/aromatic N) is 1. The number of carbonyl (C=O) groups is 4. The van der Waals surface area contributed by atoms with Crippen molar-refractivity contribution in [2.24, 2.45) is 0 Å². The van der Waals surface area contributed by atoms with Gasteiger partial charge in [0.05, 0.1) is 6.42 Å². The average molecular weight is 406 g/mol. The van der Waals surface area contributed by atoms with Gasteiger partial charge in [0.25, 0.3) is 5.91 Å². The predicted octanol–water partition coefficient (Wildman–Crippen LogP) is 3.28. The Morgan fingerprint density at radius 2 is 1.70 bits per heavy atom. The summed E-state index contributed by atoms with van der Waals surface area (Å²) in [6, 6.07) is 13.5. The summed E-state index contributed by atoms with van der Waals surface area (Å²) in [5.74, 6) is -1.25. The summed E-state index contributed by atoms with van der Waals surface area (Å²) >= 11 is 0. The molecular formula is C23H22N2O5. The van der Waals surface area contributed by atoms with Gasteiger partial charge in [-0.1, -0.05) is 31.7 Å². The Kier molecular flexibility index (Phi) is 6.41. The lowest BCUT2D eigenvalue weighted by Crippen LogP contribution is -2.26. The molecule has 0 unspecified atom stereocenters. The van der Waals surface area contributed by atoms with Crippen LogP contribution in [0.3, 0.4) is 0 Å². The van der Waals surface area contributed by atoms with Crippen LogP contribution in [0.4, 0.5) is 5.69 Å². The molecule has 7 heteroatoms. The minimum Gasteiger partial charge on any atom is -0.457 e. The molecular weight excluding hydrogens is 384 g/mol. The number of hydrogen-bond donors (Lipinski definition) is 1. The first kappa shape index (κ1) is 21.0. The van der Waals surface area contributed by atoms with Crippen molar-refractivity contribution in [2.45, 2.75) is 19.8 Å². The fourth-order valence-corrected chi connectivity index (χ4v) is 3.06. The molecule has 1 aliphatic rings. The molecule has 1 N–H and O–H groups in total. The van der Waals surface area contributed by atoms with E-state index in [-0.39, 0.29) is 30.6 Å². The summed E-state index contributed by atoms with van der Waals surface area (Å²) in [6.45, 7) is 5.40. The van der Waals surface area contributed by atoms with Crippen molar-refractivity contribution < 1.29 is 23.9 Å².